The number of thiophene rings is 1. The molecule has 0 radical (unpaired) electrons. The maximum absolute atomic E-state index is 12.6. The van der Waals surface area contributed by atoms with Crippen molar-refractivity contribution in [2.45, 2.75) is 32.2 Å². The first kappa shape index (κ1) is 20.8. The monoisotopic (exact) mass is 410 g/mol. The Bertz CT molecular complexity index is 921. The zero-order chi connectivity index (χ0) is 20.6. The number of amides is 2. The van der Waals surface area contributed by atoms with Crippen molar-refractivity contribution in [3.05, 3.63) is 64.5 Å². The number of hydrogen-bond donors (Lipinski definition) is 2. The normalized spacial score (nSPS) is 11.8. The van der Waals surface area contributed by atoms with Crippen molar-refractivity contribution in [2.24, 2.45) is 0 Å². The molecule has 152 valence electrons. The molecular weight excluding hydrogens is 384 g/mol. The minimum atomic E-state index is -0.275. The fourth-order valence-corrected chi connectivity index (χ4v) is 3.94. The molecule has 0 saturated heterocycles. The van der Waals surface area contributed by atoms with Gasteiger partial charge in [0.2, 0.25) is 11.8 Å². The van der Waals surface area contributed by atoms with E-state index in [1.165, 1.54) is 6.92 Å². The first-order valence-electron chi connectivity index (χ1n) is 9.67. The van der Waals surface area contributed by atoms with Crippen LogP contribution in [0.2, 0.25) is 0 Å². The first-order valence-corrected chi connectivity index (χ1v) is 10.5. The number of H-pyrrole nitrogens is 1. The van der Waals surface area contributed by atoms with Crippen molar-refractivity contribution in [1.29, 1.82) is 0 Å². The SMILES string of the molecule is CC(=O)NC(CC(=O)N(C)CCCc1cc(-c2ccccc2)n[nH]1)c1cccs1. The summed E-state index contributed by atoms with van der Waals surface area (Å²) < 4.78 is 0. The van der Waals surface area contributed by atoms with Gasteiger partial charge in [0.15, 0.2) is 0 Å². The Morgan fingerprint density at radius 3 is 2.69 bits per heavy atom. The smallest absolute Gasteiger partial charge is 0.224 e. The number of carbonyl (C=O) groups excluding carboxylic acids is 2. The van der Waals surface area contributed by atoms with Gasteiger partial charge >= 0.3 is 0 Å². The van der Waals surface area contributed by atoms with Gasteiger partial charge in [0.05, 0.1) is 18.2 Å². The Morgan fingerprint density at radius 1 is 1.21 bits per heavy atom. The molecule has 0 aliphatic heterocycles. The third-order valence-electron chi connectivity index (χ3n) is 4.71. The van der Waals surface area contributed by atoms with Gasteiger partial charge in [-0.1, -0.05) is 36.4 Å². The number of nitrogens with one attached hydrogen (secondary N) is 2. The summed E-state index contributed by atoms with van der Waals surface area (Å²) in [5, 5.41) is 12.3. The van der Waals surface area contributed by atoms with Crippen LogP contribution in [0.4, 0.5) is 0 Å². The second-order valence-corrected chi connectivity index (χ2v) is 8.02. The highest BCUT2D eigenvalue weighted by atomic mass is 32.1. The Kier molecular flexibility index (Phi) is 7.19. The number of benzene rings is 1. The molecule has 29 heavy (non-hydrogen) atoms. The molecule has 0 fully saturated rings. The Labute approximate surface area is 175 Å². The first-order chi connectivity index (χ1) is 14.0. The molecule has 1 unspecified atom stereocenters. The highest BCUT2D eigenvalue weighted by Crippen LogP contribution is 2.23. The van der Waals surface area contributed by atoms with Gasteiger partial charge in [-0.3, -0.25) is 14.7 Å². The highest BCUT2D eigenvalue weighted by molar-refractivity contribution is 7.10. The van der Waals surface area contributed by atoms with Crippen LogP contribution < -0.4 is 5.32 Å². The zero-order valence-electron chi connectivity index (χ0n) is 16.7. The lowest BCUT2D eigenvalue weighted by Gasteiger charge is -2.21. The van der Waals surface area contributed by atoms with Crippen molar-refractivity contribution in [3.63, 3.8) is 0 Å². The molecule has 1 aromatic carbocycles. The second kappa shape index (κ2) is 10.0. The number of nitrogens with zero attached hydrogens (tertiary/aromatic N) is 2. The van der Waals surface area contributed by atoms with Gasteiger partial charge in [0, 0.05) is 36.7 Å². The van der Waals surface area contributed by atoms with Crippen molar-refractivity contribution in [1.82, 2.24) is 20.4 Å². The lowest BCUT2D eigenvalue weighted by Crippen LogP contribution is -2.34. The second-order valence-electron chi connectivity index (χ2n) is 7.04. The molecule has 0 saturated carbocycles. The van der Waals surface area contributed by atoms with Crippen LogP contribution in [-0.2, 0) is 16.0 Å². The summed E-state index contributed by atoms with van der Waals surface area (Å²) in [6.45, 7) is 2.12. The van der Waals surface area contributed by atoms with Crippen LogP contribution in [0.15, 0.2) is 53.9 Å². The van der Waals surface area contributed by atoms with E-state index >= 15 is 0 Å². The molecule has 6 nitrogen and oxygen atoms in total. The fraction of sp³-hybridized carbons (Fsp3) is 0.318. The Balaban J connectivity index is 1.48. The van der Waals surface area contributed by atoms with Gasteiger partial charge in [-0.05, 0) is 30.4 Å². The average Bonchev–Trinajstić information content (AvgIpc) is 3.40. The largest absolute Gasteiger partial charge is 0.348 e. The predicted molar refractivity (Wildman–Crippen MR) is 115 cm³/mol. The summed E-state index contributed by atoms with van der Waals surface area (Å²) in [5.41, 5.74) is 3.07. The van der Waals surface area contributed by atoms with E-state index in [1.807, 2.05) is 54.9 Å². The Morgan fingerprint density at radius 2 is 2.00 bits per heavy atom. The third-order valence-corrected chi connectivity index (χ3v) is 5.69. The van der Waals surface area contributed by atoms with Crippen LogP contribution in [-0.4, -0.2) is 40.5 Å². The van der Waals surface area contributed by atoms with Gasteiger partial charge in [-0.15, -0.1) is 11.3 Å². The molecule has 1 atom stereocenters. The predicted octanol–water partition coefficient (Wildman–Crippen LogP) is 3.80. The molecule has 0 aliphatic carbocycles. The van der Waals surface area contributed by atoms with Crippen LogP contribution in [0.3, 0.4) is 0 Å². The topological polar surface area (TPSA) is 78.1 Å². The quantitative estimate of drug-likeness (QED) is 0.563. The lowest BCUT2D eigenvalue weighted by atomic mass is 10.1. The number of aryl methyl sites for hydroxylation is 1. The van der Waals surface area contributed by atoms with Crippen molar-refractivity contribution in [3.8, 4) is 11.3 Å². The summed E-state index contributed by atoms with van der Waals surface area (Å²) in [5.74, 6) is -0.112. The molecule has 0 aliphatic rings. The standard InChI is InChI=1S/C22H26N4O2S/c1-16(27)23-20(21-11-7-13-29-21)15-22(28)26(2)12-6-10-18-14-19(25-24-18)17-8-4-3-5-9-17/h3-5,7-9,11,13-14,20H,6,10,12,15H2,1-2H3,(H,23,27)(H,24,25). The maximum atomic E-state index is 12.6. The molecule has 2 aromatic heterocycles. The maximum Gasteiger partial charge on any atom is 0.224 e. The number of carbonyl (C=O) groups is 2. The molecule has 3 rings (SSSR count). The summed E-state index contributed by atoms with van der Waals surface area (Å²) in [6.07, 6.45) is 1.92. The van der Waals surface area contributed by atoms with Crippen molar-refractivity contribution < 1.29 is 9.59 Å². The van der Waals surface area contributed by atoms with E-state index in [0.29, 0.717) is 6.54 Å². The van der Waals surface area contributed by atoms with Gasteiger partial charge in [0.25, 0.3) is 0 Å². The van der Waals surface area contributed by atoms with Crippen LogP contribution in [0.25, 0.3) is 11.3 Å². The molecule has 3 aromatic rings. The zero-order valence-corrected chi connectivity index (χ0v) is 17.5. The lowest BCUT2D eigenvalue weighted by molar-refractivity contribution is -0.130. The fourth-order valence-electron chi connectivity index (χ4n) is 3.17. The van der Waals surface area contributed by atoms with E-state index in [0.717, 1.165) is 34.7 Å². The molecule has 2 heterocycles. The average molecular weight is 411 g/mol. The van der Waals surface area contributed by atoms with E-state index in [9.17, 15) is 9.59 Å². The number of rotatable bonds is 9. The summed E-state index contributed by atoms with van der Waals surface area (Å²) in [7, 11) is 1.81. The van der Waals surface area contributed by atoms with Crippen LogP contribution >= 0.6 is 11.3 Å². The van der Waals surface area contributed by atoms with Gasteiger partial charge < -0.3 is 10.2 Å². The van der Waals surface area contributed by atoms with Gasteiger partial charge in [0.1, 0.15) is 0 Å². The van der Waals surface area contributed by atoms with E-state index in [1.54, 1.807) is 16.2 Å². The minimum Gasteiger partial charge on any atom is -0.348 e. The molecule has 0 bridgehead atoms. The molecule has 0 spiro atoms. The number of aromatic amines is 1. The minimum absolute atomic E-state index is 0.0201. The van der Waals surface area contributed by atoms with Crippen LogP contribution in [0.5, 0.6) is 0 Å². The summed E-state index contributed by atoms with van der Waals surface area (Å²) in [4.78, 5) is 26.8. The molecule has 2 N–H and O–H groups in total. The summed E-state index contributed by atoms with van der Waals surface area (Å²) >= 11 is 1.55. The van der Waals surface area contributed by atoms with E-state index in [2.05, 4.69) is 21.6 Å². The Hall–Kier alpha value is -2.93. The molecule has 2 amide bonds. The third kappa shape index (κ3) is 6.02. The van der Waals surface area contributed by atoms with Gasteiger partial charge in [-0.2, -0.15) is 5.10 Å². The molecule has 7 heteroatoms. The van der Waals surface area contributed by atoms with Crippen molar-refractivity contribution in [2.75, 3.05) is 13.6 Å². The van der Waals surface area contributed by atoms with E-state index in [-0.39, 0.29) is 24.3 Å². The van der Waals surface area contributed by atoms with Gasteiger partial charge in [-0.25, -0.2) is 0 Å². The molecular formula is C22H26N4O2S. The number of aromatic nitrogens is 2. The van der Waals surface area contributed by atoms with E-state index in [4.69, 9.17) is 0 Å². The van der Waals surface area contributed by atoms with Crippen LogP contribution in [0, 0.1) is 0 Å². The summed E-state index contributed by atoms with van der Waals surface area (Å²) in [6, 6.07) is 15.7. The van der Waals surface area contributed by atoms with Crippen molar-refractivity contribution >= 4 is 23.2 Å². The van der Waals surface area contributed by atoms with E-state index < -0.39 is 0 Å². The number of hydrogen-bond acceptors (Lipinski definition) is 4. The van der Waals surface area contributed by atoms with Crippen LogP contribution in [0.1, 0.15) is 36.4 Å². The highest BCUT2D eigenvalue weighted by Gasteiger charge is 2.20.